The van der Waals surface area contributed by atoms with Gasteiger partial charge >= 0.3 is 0 Å². The second kappa shape index (κ2) is 6.67. The van der Waals surface area contributed by atoms with E-state index in [1.165, 1.54) is 0 Å². The van der Waals surface area contributed by atoms with Gasteiger partial charge in [-0.15, -0.1) is 0 Å². The summed E-state index contributed by atoms with van der Waals surface area (Å²) in [5, 5.41) is 24.4. The third kappa shape index (κ3) is 3.63. The Morgan fingerprint density at radius 3 is 1.40 bits per heavy atom. The summed E-state index contributed by atoms with van der Waals surface area (Å²) < 4.78 is 0. The van der Waals surface area contributed by atoms with Crippen LogP contribution in [0.25, 0.3) is 0 Å². The number of rotatable bonds is 6. The van der Waals surface area contributed by atoms with Gasteiger partial charge in [-0.05, 0) is 56.8 Å². The highest BCUT2D eigenvalue weighted by Crippen LogP contribution is 2.45. The Balaban J connectivity index is 1.59. The van der Waals surface area contributed by atoms with Crippen LogP contribution in [0.3, 0.4) is 0 Å². The molecular weight excluding hydrogens is 316 g/mol. The number of nitrogens with one attached hydrogen (secondary N) is 2. The normalized spacial score (nSPS) is 24.7. The van der Waals surface area contributed by atoms with Gasteiger partial charge < -0.3 is 10.6 Å². The molecule has 0 aromatic carbocycles. The quantitative estimate of drug-likeness (QED) is 0.773. The highest BCUT2D eigenvalue weighted by Gasteiger charge is 2.44. The van der Waals surface area contributed by atoms with Gasteiger partial charge in [-0.25, -0.2) is 0 Å². The molecular formula is C19H26N4O2. The highest BCUT2D eigenvalue weighted by molar-refractivity contribution is 5.82. The summed E-state index contributed by atoms with van der Waals surface area (Å²) in [7, 11) is 0. The SMILES string of the molecule is N#CC1(NC(=O)CC2(CC(=O)NC3(C#N)CCC3)CCCC2)CCC1. The molecule has 134 valence electrons. The van der Waals surface area contributed by atoms with E-state index in [0.717, 1.165) is 38.5 Å². The van der Waals surface area contributed by atoms with E-state index in [4.69, 9.17) is 0 Å². The molecule has 0 aromatic rings. The molecule has 0 spiro atoms. The first-order valence-corrected chi connectivity index (χ1v) is 9.39. The minimum atomic E-state index is -0.685. The summed E-state index contributed by atoms with van der Waals surface area (Å²) in [5.74, 6) is -0.232. The smallest absolute Gasteiger partial charge is 0.221 e. The van der Waals surface area contributed by atoms with Crippen LogP contribution >= 0.6 is 0 Å². The Kier molecular flexibility index (Phi) is 4.73. The molecule has 0 aliphatic heterocycles. The van der Waals surface area contributed by atoms with Gasteiger partial charge in [0.25, 0.3) is 0 Å². The molecule has 3 aliphatic carbocycles. The van der Waals surface area contributed by atoms with Crippen LogP contribution in [0.2, 0.25) is 0 Å². The number of amides is 2. The lowest BCUT2D eigenvalue weighted by Gasteiger charge is -2.38. The van der Waals surface area contributed by atoms with E-state index in [1.54, 1.807) is 0 Å². The molecule has 3 fully saturated rings. The molecule has 3 rings (SSSR count). The van der Waals surface area contributed by atoms with Gasteiger partial charge in [-0.2, -0.15) is 10.5 Å². The molecule has 0 heterocycles. The van der Waals surface area contributed by atoms with E-state index in [1.807, 2.05) is 0 Å². The Hall–Kier alpha value is -2.08. The molecule has 0 bridgehead atoms. The fourth-order valence-corrected chi connectivity index (χ4v) is 4.43. The van der Waals surface area contributed by atoms with Crippen molar-refractivity contribution in [2.75, 3.05) is 0 Å². The fraction of sp³-hybridized carbons (Fsp3) is 0.789. The Morgan fingerprint density at radius 1 is 0.720 bits per heavy atom. The number of hydrogen-bond donors (Lipinski definition) is 2. The predicted molar refractivity (Wildman–Crippen MR) is 90.8 cm³/mol. The van der Waals surface area contributed by atoms with Crippen molar-refractivity contribution in [1.29, 1.82) is 10.5 Å². The van der Waals surface area contributed by atoms with Crippen molar-refractivity contribution in [2.45, 2.75) is 88.1 Å². The number of nitriles is 2. The minimum Gasteiger partial charge on any atom is -0.338 e. The van der Waals surface area contributed by atoms with Crippen molar-refractivity contribution >= 4 is 11.8 Å². The lowest BCUT2D eigenvalue weighted by Crippen LogP contribution is -2.54. The Morgan fingerprint density at radius 2 is 1.12 bits per heavy atom. The Bertz CT molecular complexity index is 579. The largest absolute Gasteiger partial charge is 0.338 e. The first kappa shape index (κ1) is 17.7. The lowest BCUT2D eigenvalue weighted by atomic mass is 9.75. The molecule has 6 heteroatoms. The van der Waals surface area contributed by atoms with Crippen molar-refractivity contribution in [2.24, 2.45) is 5.41 Å². The standard InChI is InChI=1S/C19H26N4O2/c20-13-18(7-3-8-18)22-15(24)11-17(5-1-2-6-17)12-16(25)23-19(14-21)9-4-10-19/h1-12H2,(H,22,24)(H,23,25). The molecule has 25 heavy (non-hydrogen) atoms. The third-order valence-corrected chi connectivity index (χ3v) is 6.33. The average molecular weight is 342 g/mol. The summed E-state index contributed by atoms with van der Waals surface area (Å²) in [4.78, 5) is 25.0. The van der Waals surface area contributed by atoms with Crippen LogP contribution in [0, 0.1) is 28.1 Å². The monoisotopic (exact) mass is 342 g/mol. The second-order valence-electron chi connectivity index (χ2n) is 8.25. The number of nitrogens with zero attached hydrogens (tertiary/aromatic N) is 2. The van der Waals surface area contributed by atoms with Gasteiger partial charge in [0.2, 0.25) is 11.8 Å². The molecule has 3 saturated carbocycles. The number of carbonyl (C=O) groups is 2. The van der Waals surface area contributed by atoms with Crippen molar-refractivity contribution in [3.05, 3.63) is 0 Å². The topological polar surface area (TPSA) is 106 Å². The number of carbonyl (C=O) groups excluding carboxylic acids is 2. The first-order valence-electron chi connectivity index (χ1n) is 9.39. The molecule has 2 amide bonds. The fourth-order valence-electron chi connectivity index (χ4n) is 4.43. The van der Waals surface area contributed by atoms with Crippen LogP contribution in [0.15, 0.2) is 0 Å². The van der Waals surface area contributed by atoms with Crippen molar-refractivity contribution in [1.82, 2.24) is 10.6 Å². The summed E-state index contributed by atoms with van der Waals surface area (Å²) in [5.41, 5.74) is -1.69. The van der Waals surface area contributed by atoms with Crippen LogP contribution in [-0.2, 0) is 9.59 Å². The highest BCUT2D eigenvalue weighted by atomic mass is 16.2. The second-order valence-corrected chi connectivity index (χ2v) is 8.25. The zero-order chi connectivity index (χ0) is 18.0. The predicted octanol–water partition coefficient (Wildman–Crippen LogP) is 2.45. The molecule has 0 unspecified atom stereocenters. The van der Waals surface area contributed by atoms with E-state index in [0.29, 0.717) is 38.5 Å². The van der Waals surface area contributed by atoms with Gasteiger partial charge in [-0.3, -0.25) is 9.59 Å². The van der Waals surface area contributed by atoms with E-state index in [2.05, 4.69) is 22.8 Å². The van der Waals surface area contributed by atoms with Gasteiger partial charge in [0, 0.05) is 12.8 Å². The van der Waals surface area contributed by atoms with Gasteiger partial charge in [0.1, 0.15) is 11.1 Å². The maximum absolute atomic E-state index is 12.5. The van der Waals surface area contributed by atoms with Gasteiger partial charge in [0.05, 0.1) is 12.1 Å². The van der Waals surface area contributed by atoms with Crippen LogP contribution in [-0.4, -0.2) is 22.9 Å². The van der Waals surface area contributed by atoms with Crippen LogP contribution < -0.4 is 10.6 Å². The van der Waals surface area contributed by atoms with Crippen LogP contribution in [0.1, 0.15) is 77.0 Å². The van der Waals surface area contributed by atoms with E-state index in [-0.39, 0.29) is 17.2 Å². The molecule has 6 nitrogen and oxygen atoms in total. The summed E-state index contributed by atoms with van der Waals surface area (Å²) in [6.45, 7) is 0. The zero-order valence-corrected chi connectivity index (χ0v) is 14.7. The molecule has 2 N–H and O–H groups in total. The maximum atomic E-state index is 12.5. The summed E-state index contributed by atoms with van der Waals surface area (Å²) in [6, 6.07) is 4.46. The maximum Gasteiger partial charge on any atom is 0.221 e. The van der Waals surface area contributed by atoms with Crippen molar-refractivity contribution < 1.29 is 9.59 Å². The van der Waals surface area contributed by atoms with Crippen LogP contribution in [0.5, 0.6) is 0 Å². The van der Waals surface area contributed by atoms with Crippen molar-refractivity contribution in [3.8, 4) is 12.1 Å². The first-order chi connectivity index (χ1) is 11.9. The average Bonchev–Trinajstić information content (AvgIpc) is 2.94. The molecule has 3 aliphatic rings. The minimum absolute atomic E-state index is 0.116. The lowest BCUT2D eigenvalue weighted by molar-refractivity contribution is -0.129. The summed E-state index contributed by atoms with van der Waals surface area (Å²) in [6.07, 6.45) is 9.14. The van der Waals surface area contributed by atoms with E-state index < -0.39 is 11.1 Å². The third-order valence-electron chi connectivity index (χ3n) is 6.33. The summed E-state index contributed by atoms with van der Waals surface area (Å²) >= 11 is 0. The Labute approximate surface area is 148 Å². The van der Waals surface area contributed by atoms with E-state index in [9.17, 15) is 20.1 Å². The zero-order valence-electron chi connectivity index (χ0n) is 14.7. The van der Waals surface area contributed by atoms with Crippen LogP contribution in [0.4, 0.5) is 0 Å². The van der Waals surface area contributed by atoms with Gasteiger partial charge in [0.15, 0.2) is 0 Å². The molecule has 0 radical (unpaired) electrons. The molecule has 0 atom stereocenters. The molecule has 0 saturated heterocycles. The number of hydrogen-bond acceptors (Lipinski definition) is 4. The van der Waals surface area contributed by atoms with Gasteiger partial charge in [-0.1, -0.05) is 12.8 Å². The van der Waals surface area contributed by atoms with E-state index >= 15 is 0 Å². The van der Waals surface area contributed by atoms with Crippen molar-refractivity contribution in [3.63, 3.8) is 0 Å². The molecule has 0 aromatic heterocycles.